The van der Waals surface area contributed by atoms with Gasteiger partial charge in [0.1, 0.15) is 17.3 Å². The summed E-state index contributed by atoms with van der Waals surface area (Å²) in [7, 11) is 0. The fourth-order valence-corrected chi connectivity index (χ4v) is 2.75. The summed E-state index contributed by atoms with van der Waals surface area (Å²) in [6.07, 6.45) is 4.14. The van der Waals surface area contributed by atoms with E-state index in [1.54, 1.807) is 18.2 Å². The van der Waals surface area contributed by atoms with Crippen molar-refractivity contribution in [2.24, 2.45) is 0 Å². The Morgan fingerprint density at radius 3 is 2.46 bits per heavy atom. The van der Waals surface area contributed by atoms with Crippen LogP contribution in [-0.4, -0.2) is 29.0 Å². The Bertz CT molecular complexity index is 916. The number of hydrogen-bond acceptors (Lipinski definition) is 4. The van der Waals surface area contributed by atoms with Gasteiger partial charge in [-0.3, -0.25) is 4.79 Å². The molecule has 0 unspecified atom stereocenters. The second-order valence-electron chi connectivity index (χ2n) is 6.19. The van der Waals surface area contributed by atoms with Crippen LogP contribution in [0.4, 0.5) is 10.2 Å². The van der Waals surface area contributed by atoms with E-state index in [1.807, 2.05) is 24.3 Å². The van der Waals surface area contributed by atoms with Crippen LogP contribution in [0.5, 0.6) is 0 Å². The largest absolute Gasteiger partial charge is 0.368 e. The molecule has 0 atom stereocenters. The Balaban J connectivity index is 1.43. The highest BCUT2D eigenvalue weighted by molar-refractivity contribution is 6.30. The molecule has 0 aliphatic rings. The Morgan fingerprint density at radius 2 is 1.75 bits per heavy atom. The van der Waals surface area contributed by atoms with Gasteiger partial charge in [-0.25, -0.2) is 14.4 Å². The zero-order valence-corrected chi connectivity index (χ0v) is 15.9. The van der Waals surface area contributed by atoms with Crippen molar-refractivity contribution in [1.29, 1.82) is 0 Å². The van der Waals surface area contributed by atoms with E-state index in [1.165, 1.54) is 18.5 Å². The highest BCUT2D eigenvalue weighted by Crippen LogP contribution is 2.10. The predicted octanol–water partition coefficient (Wildman–Crippen LogP) is 3.90. The van der Waals surface area contributed by atoms with Crippen LogP contribution >= 0.6 is 11.6 Å². The molecule has 1 amide bonds. The average Bonchev–Trinajstić information content (AvgIpc) is 2.71. The van der Waals surface area contributed by atoms with Crippen molar-refractivity contribution < 1.29 is 9.18 Å². The number of rotatable bonds is 8. The lowest BCUT2D eigenvalue weighted by molar-refractivity contribution is 0.0949. The summed E-state index contributed by atoms with van der Waals surface area (Å²) in [5, 5.41) is 6.57. The van der Waals surface area contributed by atoms with Gasteiger partial charge in [0.05, 0.1) is 12.4 Å². The average molecular weight is 399 g/mol. The minimum Gasteiger partial charge on any atom is -0.368 e. The smallest absolute Gasteiger partial charge is 0.271 e. The minimum atomic E-state index is -0.278. The number of benzene rings is 2. The number of amides is 1. The normalized spacial score (nSPS) is 10.5. The van der Waals surface area contributed by atoms with Crippen molar-refractivity contribution in [2.45, 2.75) is 12.8 Å². The number of nitrogens with zero attached hydrogens (tertiary/aromatic N) is 2. The molecule has 3 aromatic rings. The van der Waals surface area contributed by atoms with Crippen molar-refractivity contribution in [2.75, 3.05) is 18.4 Å². The van der Waals surface area contributed by atoms with Crippen LogP contribution in [0.3, 0.4) is 0 Å². The molecule has 5 nitrogen and oxygen atoms in total. The molecule has 0 aliphatic carbocycles. The van der Waals surface area contributed by atoms with Crippen LogP contribution in [-0.2, 0) is 12.8 Å². The summed E-state index contributed by atoms with van der Waals surface area (Å²) < 4.78 is 13.6. The number of nitrogens with one attached hydrogen (secondary N) is 2. The molecule has 3 rings (SSSR count). The summed E-state index contributed by atoms with van der Waals surface area (Å²) in [5.74, 6) is 0.0365. The minimum absolute atomic E-state index is 0.221. The van der Waals surface area contributed by atoms with E-state index >= 15 is 0 Å². The fraction of sp³-hybridized carbons (Fsp3) is 0.190. The quantitative estimate of drug-likeness (QED) is 0.604. The van der Waals surface area contributed by atoms with Crippen LogP contribution in [0.15, 0.2) is 60.9 Å². The maximum atomic E-state index is 13.6. The van der Waals surface area contributed by atoms with E-state index in [2.05, 4.69) is 20.6 Å². The first-order valence-electron chi connectivity index (χ1n) is 8.94. The third kappa shape index (κ3) is 5.76. The number of carbonyl (C=O) groups excluding carboxylic acids is 1. The summed E-state index contributed by atoms with van der Waals surface area (Å²) >= 11 is 5.85. The molecule has 7 heteroatoms. The lowest BCUT2D eigenvalue weighted by Crippen LogP contribution is -2.26. The highest BCUT2D eigenvalue weighted by Gasteiger charge is 2.08. The fourth-order valence-electron chi connectivity index (χ4n) is 2.62. The highest BCUT2D eigenvalue weighted by atomic mass is 35.5. The zero-order chi connectivity index (χ0) is 19.8. The molecule has 0 spiro atoms. The second-order valence-corrected chi connectivity index (χ2v) is 6.62. The van der Waals surface area contributed by atoms with Crippen LogP contribution < -0.4 is 10.6 Å². The van der Waals surface area contributed by atoms with Crippen LogP contribution in [0.2, 0.25) is 5.02 Å². The van der Waals surface area contributed by atoms with Gasteiger partial charge >= 0.3 is 0 Å². The van der Waals surface area contributed by atoms with Gasteiger partial charge < -0.3 is 10.6 Å². The monoisotopic (exact) mass is 398 g/mol. The summed E-state index contributed by atoms with van der Waals surface area (Å²) in [5.41, 5.74) is 1.97. The molecule has 2 N–H and O–H groups in total. The molecule has 0 bridgehead atoms. The summed E-state index contributed by atoms with van der Waals surface area (Å²) in [4.78, 5) is 20.5. The molecule has 0 saturated carbocycles. The van der Waals surface area contributed by atoms with Gasteiger partial charge in [0, 0.05) is 18.1 Å². The van der Waals surface area contributed by atoms with Crippen molar-refractivity contribution in [1.82, 2.24) is 15.3 Å². The Hall–Kier alpha value is -2.99. The first kappa shape index (κ1) is 19.8. The molecule has 0 fully saturated rings. The molecule has 28 heavy (non-hydrogen) atoms. The number of hydrogen-bond donors (Lipinski definition) is 2. The standard InChI is InChI=1S/C21H20ClFN4O/c22-17-7-5-15(6-8-17)9-11-25-21(28)19-13-27-20(14-26-19)24-12-10-16-3-1-2-4-18(16)23/h1-8,13-14H,9-12H2,(H,24,27)(H,25,28). The molecule has 2 aromatic carbocycles. The first-order chi connectivity index (χ1) is 13.6. The molecule has 0 radical (unpaired) electrons. The van der Waals surface area contributed by atoms with Crippen molar-refractivity contribution >= 4 is 23.3 Å². The maximum Gasteiger partial charge on any atom is 0.271 e. The van der Waals surface area contributed by atoms with E-state index < -0.39 is 0 Å². The Labute approximate surface area is 168 Å². The lowest BCUT2D eigenvalue weighted by Gasteiger charge is -2.08. The van der Waals surface area contributed by atoms with E-state index in [-0.39, 0.29) is 17.4 Å². The molecular weight excluding hydrogens is 379 g/mol. The van der Waals surface area contributed by atoms with Gasteiger partial charge in [-0.1, -0.05) is 41.9 Å². The Morgan fingerprint density at radius 1 is 0.964 bits per heavy atom. The molecule has 0 saturated heterocycles. The second kappa shape index (κ2) is 9.80. The van der Waals surface area contributed by atoms with E-state index in [0.29, 0.717) is 42.3 Å². The van der Waals surface area contributed by atoms with E-state index in [9.17, 15) is 9.18 Å². The molecule has 144 valence electrons. The maximum absolute atomic E-state index is 13.6. The number of halogens is 2. The number of carbonyl (C=O) groups is 1. The SMILES string of the molecule is O=C(NCCc1ccc(Cl)cc1)c1cnc(NCCc2ccccc2F)cn1. The van der Waals surface area contributed by atoms with Crippen LogP contribution in [0.25, 0.3) is 0 Å². The number of aromatic nitrogens is 2. The first-order valence-corrected chi connectivity index (χ1v) is 9.31. The van der Waals surface area contributed by atoms with Gasteiger partial charge in [-0.15, -0.1) is 0 Å². The van der Waals surface area contributed by atoms with Crippen molar-refractivity contribution in [3.63, 3.8) is 0 Å². The number of anilines is 1. The zero-order valence-electron chi connectivity index (χ0n) is 15.2. The van der Waals surface area contributed by atoms with Gasteiger partial charge in [-0.05, 0) is 42.2 Å². The lowest BCUT2D eigenvalue weighted by atomic mass is 10.1. The van der Waals surface area contributed by atoms with Crippen LogP contribution in [0, 0.1) is 5.82 Å². The molecule has 1 aromatic heterocycles. The van der Waals surface area contributed by atoms with Crippen molar-refractivity contribution in [3.05, 3.63) is 88.6 Å². The van der Waals surface area contributed by atoms with Gasteiger partial charge in [0.15, 0.2) is 0 Å². The Kier molecular flexibility index (Phi) is 6.92. The van der Waals surface area contributed by atoms with Gasteiger partial charge in [-0.2, -0.15) is 0 Å². The van der Waals surface area contributed by atoms with E-state index in [4.69, 9.17) is 11.6 Å². The van der Waals surface area contributed by atoms with Crippen LogP contribution in [0.1, 0.15) is 21.6 Å². The molecular formula is C21H20ClFN4O. The van der Waals surface area contributed by atoms with Crippen molar-refractivity contribution in [3.8, 4) is 0 Å². The third-order valence-corrected chi connectivity index (χ3v) is 4.41. The topological polar surface area (TPSA) is 66.9 Å². The summed E-state index contributed by atoms with van der Waals surface area (Å²) in [6, 6.07) is 14.2. The molecule has 0 aliphatic heterocycles. The summed E-state index contributed by atoms with van der Waals surface area (Å²) in [6.45, 7) is 1.01. The predicted molar refractivity (Wildman–Crippen MR) is 108 cm³/mol. The van der Waals surface area contributed by atoms with Gasteiger partial charge in [0.2, 0.25) is 0 Å². The third-order valence-electron chi connectivity index (χ3n) is 4.16. The van der Waals surface area contributed by atoms with Gasteiger partial charge in [0.25, 0.3) is 5.91 Å². The molecule has 1 heterocycles. The van der Waals surface area contributed by atoms with E-state index in [0.717, 1.165) is 5.56 Å².